The number of rotatable bonds is 4. The van der Waals surface area contributed by atoms with Crippen LogP contribution in [-0.2, 0) is 19.3 Å². The molecule has 0 aliphatic heterocycles. The molecule has 6 nitrogen and oxygen atoms in total. The van der Waals surface area contributed by atoms with Crippen molar-refractivity contribution in [2.75, 3.05) is 5.32 Å². The molecule has 0 spiro atoms. The van der Waals surface area contributed by atoms with Crippen LogP contribution in [-0.4, -0.2) is 20.9 Å². The Morgan fingerprint density at radius 1 is 1.16 bits per heavy atom. The first-order valence-corrected chi connectivity index (χ1v) is 11.2. The zero-order chi connectivity index (χ0) is 22.2. The topological polar surface area (TPSA) is 90.6 Å². The number of amides is 1. The van der Waals surface area contributed by atoms with Crippen LogP contribution in [0.25, 0.3) is 22.3 Å². The Hall–Kier alpha value is -3.67. The van der Waals surface area contributed by atoms with Crippen LogP contribution in [0.3, 0.4) is 0 Å². The van der Waals surface area contributed by atoms with Gasteiger partial charge in [-0.1, -0.05) is 38.1 Å². The zero-order valence-corrected chi connectivity index (χ0v) is 18.3. The molecule has 0 fully saturated rings. The summed E-state index contributed by atoms with van der Waals surface area (Å²) in [6.45, 7) is 4.24. The second-order valence-electron chi connectivity index (χ2n) is 8.63. The van der Waals surface area contributed by atoms with E-state index >= 15 is 0 Å². The van der Waals surface area contributed by atoms with Crippen molar-refractivity contribution < 1.29 is 4.79 Å². The molecule has 2 heterocycles. The summed E-state index contributed by atoms with van der Waals surface area (Å²) in [4.78, 5) is 36.0. The molecule has 3 N–H and O–H groups in total. The number of nitrogens with zero attached hydrogens (tertiary/aromatic N) is 1. The second-order valence-corrected chi connectivity index (χ2v) is 8.63. The van der Waals surface area contributed by atoms with Crippen molar-refractivity contribution in [2.45, 2.75) is 39.5 Å². The maximum absolute atomic E-state index is 13.2. The molecule has 0 saturated heterocycles. The first-order chi connectivity index (χ1) is 15.5. The molecule has 6 heteroatoms. The van der Waals surface area contributed by atoms with Gasteiger partial charge in [0.2, 0.25) is 0 Å². The van der Waals surface area contributed by atoms with Crippen molar-refractivity contribution in [1.82, 2.24) is 15.0 Å². The van der Waals surface area contributed by atoms with E-state index in [-0.39, 0.29) is 11.5 Å². The number of benzene rings is 2. The monoisotopic (exact) mass is 426 g/mol. The number of hydrogen-bond donors (Lipinski definition) is 3. The maximum Gasteiger partial charge on any atom is 0.257 e. The number of aromatic nitrogens is 3. The van der Waals surface area contributed by atoms with Gasteiger partial charge in [-0.05, 0) is 55.4 Å². The van der Waals surface area contributed by atoms with Gasteiger partial charge in [0.25, 0.3) is 11.5 Å². The van der Waals surface area contributed by atoms with Crippen LogP contribution in [0.15, 0.2) is 53.3 Å². The summed E-state index contributed by atoms with van der Waals surface area (Å²) in [5.41, 5.74) is 6.09. The lowest BCUT2D eigenvalue weighted by Crippen LogP contribution is -2.13. The highest BCUT2D eigenvalue weighted by atomic mass is 16.1. The van der Waals surface area contributed by atoms with Crippen molar-refractivity contribution >= 4 is 22.5 Å². The minimum Gasteiger partial charge on any atom is -0.358 e. The van der Waals surface area contributed by atoms with Gasteiger partial charge in [0.05, 0.1) is 11.1 Å². The van der Waals surface area contributed by atoms with Gasteiger partial charge in [-0.15, -0.1) is 0 Å². The molecule has 1 aliphatic carbocycles. The highest BCUT2D eigenvalue weighted by Crippen LogP contribution is 2.33. The number of fused-ring (bicyclic) bond motifs is 3. The summed E-state index contributed by atoms with van der Waals surface area (Å²) in [7, 11) is 0. The van der Waals surface area contributed by atoms with Gasteiger partial charge in [-0.3, -0.25) is 9.59 Å². The third-order valence-electron chi connectivity index (χ3n) is 6.26. The summed E-state index contributed by atoms with van der Waals surface area (Å²) < 4.78 is 0. The number of para-hydroxylation sites is 1. The fourth-order valence-electron chi connectivity index (χ4n) is 4.57. The number of nitrogens with one attached hydrogen (secondary N) is 3. The average Bonchev–Trinajstić information content (AvgIpc) is 3.16. The second kappa shape index (κ2) is 8.11. The third kappa shape index (κ3) is 3.73. The van der Waals surface area contributed by atoms with E-state index in [1.54, 1.807) is 0 Å². The first kappa shape index (κ1) is 20.2. The highest BCUT2D eigenvalue weighted by Gasteiger charge is 2.22. The van der Waals surface area contributed by atoms with Gasteiger partial charge < -0.3 is 15.3 Å². The molecule has 0 radical (unpaired) electrons. The van der Waals surface area contributed by atoms with E-state index in [1.807, 2.05) is 43.3 Å². The van der Waals surface area contributed by atoms with Gasteiger partial charge in [0, 0.05) is 34.1 Å². The van der Waals surface area contributed by atoms with E-state index in [0.29, 0.717) is 29.4 Å². The van der Waals surface area contributed by atoms with Crippen molar-refractivity contribution in [3.8, 4) is 11.4 Å². The number of aryl methyl sites for hydroxylation is 2. The molecule has 0 bridgehead atoms. The molecule has 4 aromatic rings. The molecule has 0 saturated carbocycles. The molecule has 1 amide bonds. The molecule has 1 atom stereocenters. The molecule has 162 valence electrons. The number of carbonyl (C=O) groups excluding carboxylic acids is 1. The van der Waals surface area contributed by atoms with Crippen LogP contribution in [0.5, 0.6) is 0 Å². The maximum atomic E-state index is 13.2. The van der Waals surface area contributed by atoms with E-state index in [9.17, 15) is 9.59 Å². The minimum atomic E-state index is -0.182. The predicted octanol–water partition coefficient (Wildman–Crippen LogP) is 4.86. The fourth-order valence-corrected chi connectivity index (χ4v) is 4.57. The van der Waals surface area contributed by atoms with Crippen molar-refractivity contribution in [2.24, 2.45) is 5.92 Å². The van der Waals surface area contributed by atoms with Crippen molar-refractivity contribution in [1.29, 1.82) is 0 Å². The largest absolute Gasteiger partial charge is 0.358 e. The van der Waals surface area contributed by atoms with Gasteiger partial charge >= 0.3 is 0 Å². The molecule has 2 aromatic heterocycles. The highest BCUT2D eigenvalue weighted by molar-refractivity contribution is 6.12. The quantitative estimate of drug-likeness (QED) is 0.435. The zero-order valence-electron chi connectivity index (χ0n) is 18.3. The van der Waals surface area contributed by atoms with Crippen molar-refractivity contribution in [3.05, 3.63) is 81.4 Å². The predicted molar refractivity (Wildman–Crippen MR) is 127 cm³/mol. The lowest BCUT2D eigenvalue weighted by Gasteiger charge is -2.17. The normalized spacial score (nSPS) is 15.5. The van der Waals surface area contributed by atoms with Gasteiger partial charge in [0.1, 0.15) is 5.82 Å². The third-order valence-corrected chi connectivity index (χ3v) is 6.26. The number of aromatic amines is 2. The lowest BCUT2D eigenvalue weighted by molar-refractivity contribution is 0.102. The number of H-pyrrole nitrogens is 2. The molecule has 2 aromatic carbocycles. The van der Waals surface area contributed by atoms with Crippen molar-refractivity contribution in [3.63, 3.8) is 0 Å². The fraction of sp³-hybridized carbons (Fsp3) is 0.269. The number of carbonyl (C=O) groups is 1. The smallest absolute Gasteiger partial charge is 0.257 e. The first-order valence-electron chi connectivity index (χ1n) is 11.2. The summed E-state index contributed by atoms with van der Waals surface area (Å²) in [5.74, 6) is 0.995. The molecule has 1 unspecified atom stereocenters. The summed E-state index contributed by atoms with van der Waals surface area (Å²) in [5, 5.41) is 4.16. The van der Waals surface area contributed by atoms with E-state index in [0.717, 1.165) is 35.0 Å². The molecule has 32 heavy (non-hydrogen) atoms. The van der Waals surface area contributed by atoms with E-state index < -0.39 is 0 Å². The Bertz CT molecular complexity index is 1380. The van der Waals surface area contributed by atoms with Crippen LogP contribution < -0.4 is 10.9 Å². The van der Waals surface area contributed by atoms with Gasteiger partial charge in [0.15, 0.2) is 0 Å². The van der Waals surface area contributed by atoms with Crippen LogP contribution in [0.4, 0.5) is 5.69 Å². The minimum absolute atomic E-state index is 0.164. The Labute approximate surface area is 186 Å². The Balaban J connectivity index is 1.46. The SMILES string of the molecule is CCc1cc(=O)[nH]c(-c2cccc(NC(=O)c3cccc4c5c([nH]c34)CCC(C)C5)c2)n1. The van der Waals surface area contributed by atoms with Crippen LogP contribution in [0.1, 0.15) is 47.6 Å². The standard InChI is InChI=1S/C26H26N4O2/c1-3-17-14-23(31)30-25(27-17)16-6-4-7-18(13-16)28-26(32)20-9-5-8-19-21-12-15(2)10-11-22(21)29-24(19)20/h4-9,13-15,29H,3,10-12H2,1-2H3,(H,28,32)(H,27,30,31). The van der Waals surface area contributed by atoms with Crippen LogP contribution in [0, 0.1) is 5.92 Å². The number of anilines is 1. The van der Waals surface area contributed by atoms with Gasteiger partial charge in [-0.2, -0.15) is 0 Å². The summed E-state index contributed by atoms with van der Waals surface area (Å²) >= 11 is 0. The van der Waals surface area contributed by atoms with Gasteiger partial charge in [-0.25, -0.2) is 4.98 Å². The molecular weight excluding hydrogens is 400 g/mol. The Kier molecular flexibility index (Phi) is 5.13. The summed E-state index contributed by atoms with van der Waals surface area (Å²) in [6.07, 6.45) is 3.92. The van der Waals surface area contributed by atoms with Crippen LogP contribution >= 0.6 is 0 Å². The van der Waals surface area contributed by atoms with E-state index in [1.165, 1.54) is 23.7 Å². The van der Waals surface area contributed by atoms with E-state index in [2.05, 4.69) is 33.3 Å². The number of hydrogen-bond acceptors (Lipinski definition) is 3. The average molecular weight is 427 g/mol. The molecule has 5 rings (SSSR count). The summed E-state index contributed by atoms with van der Waals surface area (Å²) in [6, 6.07) is 14.8. The van der Waals surface area contributed by atoms with Crippen LogP contribution in [0.2, 0.25) is 0 Å². The molecular formula is C26H26N4O2. The van der Waals surface area contributed by atoms with E-state index in [4.69, 9.17) is 0 Å². The Morgan fingerprint density at radius 3 is 2.84 bits per heavy atom. The molecule has 1 aliphatic rings. The lowest BCUT2D eigenvalue weighted by atomic mass is 9.87. The Morgan fingerprint density at radius 2 is 2.00 bits per heavy atom.